The molecule has 5 heteroatoms. The molecule has 1 aliphatic heterocycles. The summed E-state index contributed by atoms with van der Waals surface area (Å²) in [6.45, 7) is 6.27. The van der Waals surface area contributed by atoms with Gasteiger partial charge in [-0.25, -0.2) is 0 Å². The third kappa shape index (κ3) is 9.18. The minimum atomic E-state index is -0.320. The van der Waals surface area contributed by atoms with Crippen LogP contribution < -0.4 is 0 Å². The third-order valence-electron chi connectivity index (χ3n) is 4.39. The van der Waals surface area contributed by atoms with Crippen molar-refractivity contribution in [1.82, 2.24) is 0 Å². The van der Waals surface area contributed by atoms with Crippen LogP contribution in [-0.4, -0.2) is 40.9 Å². The van der Waals surface area contributed by atoms with Crippen molar-refractivity contribution in [2.45, 2.75) is 64.3 Å². The highest BCUT2D eigenvalue weighted by Crippen LogP contribution is 2.21. The minimum absolute atomic E-state index is 0.118. The molecule has 1 saturated heterocycles. The van der Waals surface area contributed by atoms with E-state index in [1.807, 2.05) is 0 Å². The van der Waals surface area contributed by atoms with Crippen LogP contribution in [-0.2, 0) is 4.43 Å². The second-order valence-electron chi connectivity index (χ2n) is 6.27. The van der Waals surface area contributed by atoms with Gasteiger partial charge in [0.25, 0.3) is 0 Å². The lowest BCUT2D eigenvalue weighted by molar-refractivity contribution is 0.412. The Labute approximate surface area is 128 Å². The first-order chi connectivity index (χ1) is 9.36. The van der Waals surface area contributed by atoms with E-state index < -0.39 is 0 Å². The minimum Gasteiger partial charge on any atom is -0.432 e. The van der Waals surface area contributed by atoms with Crippen molar-refractivity contribution in [2.75, 3.05) is 6.23 Å². The molecule has 1 fully saturated rings. The van der Waals surface area contributed by atoms with Gasteiger partial charge in [-0.15, -0.1) is 6.58 Å². The molecule has 112 valence electrons. The zero-order chi connectivity index (χ0) is 13.8. The van der Waals surface area contributed by atoms with E-state index in [0.717, 1.165) is 5.92 Å². The molecule has 0 aromatic rings. The van der Waals surface area contributed by atoms with Crippen molar-refractivity contribution in [3.05, 3.63) is 12.7 Å². The van der Waals surface area contributed by atoms with Gasteiger partial charge in [-0.2, -0.15) is 0 Å². The van der Waals surface area contributed by atoms with Gasteiger partial charge in [0.15, 0.2) is 0 Å². The highest BCUT2D eigenvalue weighted by atomic mass is 29.7. The predicted octanol–water partition coefficient (Wildman–Crippen LogP) is 1.47. The Morgan fingerprint density at radius 2 is 2.05 bits per heavy atom. The molecule has 19 heavy (non-hydrogen) atoms. The first kappa shape index (κ1) is 17.6. The molecule has 0 saturated carbocycles. The molecule has 0 radical (unpaired) electrons. The van der Waals surface area contributed by atoms with E-state index in [4.69, 9.17) is 4.43 Å². The topological polar surface area (TPSA) is 9.23 Å². The summed E-state index contributed by atoms with van der Waals surface area (Å²) < 4.78 is 5.90. The van der Waals surface area contributed by atoms with Crippen LogP contribution in [0.3, 0.4) is 0 Å². The third-order valence-corrected chi connectivity index (χ3v) is 40.7. The zero-order valence-electron chi connectivity index (χ0n) is 13.0. The summed E-state index contributed by atoms with van der Waals surface area (Å²) in [7, 11) is 0.764. The molecule has 1 aliphatic rings. The number of unbranched alkanes of at least 4 members (excludes halogenated alkanes) is 5. The lowest BCUT2D eigenvalue weighted by Gasteiger charge is -2.24. The van der Waals surface area contributed by atoms with E-state index in [9.17, 15) is 0 Å². The van der Waals surface area contributed by atoms with Gasteiger partial charge in [-0.3, -0.25) is 0 Å². The van der Waals surface area contributed by atoms with Gasteiger partial charge >= 0.3 is 0 Å². The van der Waals surface area contributed by atoms with Gasteiger partial charge in [-0.05, 0) is 12.3 Å². The normalized spacial score (nSPS) is 25.0. The van der Waals surface area contributed by atoms with Gasteiger partial charge in [0.05, 0.1) is 8.31 Å². The van der Waals surface area contributed by atoms with Crippen molar-refractivity contribution < 1.29 is 4.43 Å². The van der Waals surface area contributed by atoms with Gasteiger partial charge in [0, 0.05) is 23.3 Å². The summed E-state index contributed by atoms with van der Waals surface area (Å²) in [5.74, 6) is 0.991. The molecule has 0 aliphatic carbocycles. The fourth-order valence-electron chi connectivity index (χ4n) is 3.25. The molecular weight excluding hydrogens is 296 g/mol. The second kappa shape index (κ2) is 12.3. The maximum Gasteiger partial charge on any atom is 0.139 e. The molecular formula is C14H34OSi4. The highest BCUT2D eigenvalue weighted by Gasteiger charge is 2.20. The SMILES string of the molecule is C=CCC(CCCCCCCC)C[SiH]1CO[SiH2][SiH2][SiH2]1. The van der Waals surface area contributed by atoms with E-state index in [2.05, 4.69) is 19.6 Å². The lowest BCUT2D eigenvalue weighted by Crippen LogP contribution is -2.43. The van der Waals surface area contributed by atoms with Crippen molar-refractivity contribution in [3.8, 4) is 0 Å². The fourth-order valence-corrected chi connectivity index (χ4v) is 48.8. The van der Waals surface area contributed by atoms with Crippen LogP contribution in [0.15, 0.2) is 12.7 Å². The van der Waals surface area contributed by atoms with E-state index in [0.29, 0.717) is 17.1 Å². The van der Waals surface area contributed by atoms with Gasteiger partial charge in [0.1, 0.15) is 9.28 Å². The Morgan fingerprint density at radius 3 is 2.74 bits per heavy atom. The monoisotopic (exact) mass is 330 g/mol. The number of hydrogen-bond donors (Lipinski definition) is 0. The summed E-state index contributed by atoms with van der Waals surface area (Å²) in [5.41, 5.74) is 0. The van der Waals surface area contributed by atoms with E-state index in [1.165, 1.54) is 57.6 Å². The van der Waals surface area contributed by atoms with Crippen molar-refractivity contribution in [1.29, 1.82) is 0 Å². The molecule has 0 aromatic heterocycles. The maximum absolute atomic E-state index is 5.90. The van der Waals surface area contributed by atoms with Crippen molar-refractivity contribution >= 4 is 34.7 Å². The van der Waals surface area contributed by atoms with Crippen LogP contribution >= 0.6 is 0 Å². The smallest absolute Gasteiger partial charge is 0.139 e. The molecule has 1 heterocycles. The largest absolute Gasteiger partial charge is 0.432 e. The second-order valence-corrected chi connectivity index (χ2v) is 31.0. The van der Waals surface area contributed by atoms with Crippen LogP contribution in [0.2, 0.25) is 6.04 Å². The standard InChI is InChI=1S/C14H34OSi4/c1-3-5-6-7-8-9-11-14(10-4-2)12-19-13-15-16-17-18-19/h4,14,19H,2-3,5-13,16-18H2,1H3. The van der Waals surface area contributed by atoms with E-state index >= 15 is 0 Å². The van der Waals surface area contributed by atoms with Crippen molar-refractivity contribution in [3.63, 3.8) is 0 Å². The Bertz CT molecular complexity index is 219. The van der Waals surface area contributed by atoms with E-state index in [-0.39, 0.29) is 17.6 Å². The summed E-state index contributed by atoms with van der Waals surface area (Å²) >= 11 is 0. The summed E-state index contributed by atoms with van der Waals surface area (Å²) in [6, 6.07) is 1.62. The summed E-state index contributed by atoms with van der Waals surface area (Å²) in [6.07, 6.45) is 14.9. The molecule has 2 unspecified atom stereocenters. The Balaban J connectivity index is 2.10. The van der Waals surface area contributed by atoms with Crippen molar-refractivity contribution in [2.24, 2.45) is 5.92 Å². The lowest BCUT2D eigenvalue weighted by atomic mass is 9.99. The Morgan fingerprint density at radius 1 is 1.26 bits per heavy atom. The average molecular weight is 331 g/mol. The maximum atomic E-state index is 5.90. The van der Waals surface area contributed by atoms with Gasteiger partial charge < -0.3 is 4.43 Å². The Kier molecular flexibility index (Phi) is 11.4. The Hall–Kier alpha value is 0.568. The zero-order valence-corrected chi connectivity index (χ0v) is 18.4. The first-order valence-corrected chi connectivity index (χ1v) is 22.0. The van der Waals surface area contributed by atoms with Gasteiger partial charge in [-0.1, -0.05) is 64.0 Å². The predicted molar refractivity (Wildman–Crippen MR) is 99.8 cm³/mol. The molecule has 0 N–H and O–H groups in total. The van der Waals surface area contributed by atoms with Gasteiger partial charge in [0.2, 0.25) is 0 Å². The number of allylic oxidation sites excluding steroid dienone is 1. The molecule has 0 amide bonds. The molecule has 0 spiro atoms. The fraction of sp³-hybridized carbons (Fsp3) is 0.857. The van der Waals surface area contributed by atoms with Crippen LogP contribution in [0.1, 0.15) is 58.3 Å². The quantitative estimate of drug-likeness (QED) is 0.317. The summed E-state index contributed by atoms with van der Waals surface area (Å²) in [5, 5.41) is 0. The molecule has 0 bridgehead atoms. The molecule has 1 rings (SSSR count). The van der Waals surface area contributed by atoms with E-state index in [1.54, 1.807) is 6.04 Å². The molecule has 0 aromatic carbocycles. The molecule has 1 nitrogen and oxygen atoms in total. The number of hydrogen-bond acceptors (Lipinski definition) is 1. The van der Waals surface area contributed by atoms with Crippen LogP contribution in [0.5, 0.6) is 0 Å². The summed E-state index contributed by atoms with van der Waals surface area (Å²) in [4.78, 5) is 0. The average Bonchev–Trinajstić information content (AvgIpc) is 2.44. The van der Waals surface area contributed by atoms with Crippen LogP contribution in [0.4, 0.5) is 0 Å². The molecule has 2 atom stereocenters. The highest BCUT2D eigenvalue weighted by molar-refractivity contribution is 7.48. The van der Waals surface area contributed by atoms with Crippen LogP contribution in [0.25, 0.3) is 0 Å². The first-order valence-electron chi connectivity index (χ1n) is 8.55. The number of rotatable bonds is 11. The van der Waals surface area contributed by atoms with Crippen LogP contribution in [0, 0.1) is 5.92 Å².